The summed E-state index contributed by atoms with van der Waals surface area (Å²) in [5, 5.41) is 12.8. The summed E-state index contributed by atoms with van der Waals surface area (Å²) in [7, 11) is 0. The van der Waals surface area contributed by atoms with E-state index >= 15 is 0 Å². The van der Waals surface area contributed by atoms with Crippen LogP contribution in [-0.2, 0) is 4.79 Å². The molecule has 1 amide bonds. The van der Waals surface area contributed by atoms with Gasteiger partial charge in [-0.2, -0.15) is 0 Å². The van der Waals surface area contributed by atoms with E-state index in [4.69, 9.17) is 0 Å². The molecule has 1 atom stereocenters. The summed E-state index contributed by atoms with van der Waals surface area (Å²) in [5.41, 5.74) is -0.141. The average molecular weight is 253 g/mol. The van der Waals surface area contributed by atoms with Crippen molar-refractivity contribution in [3.63, 3.8) is 0 Å². The molecular formula is C15H27NO2. The lowest BCUT2D eigenvalue weighted by Crippen LogP contribution is -2.43. The van der Waals surface area contributed by atoms with E-state index in [-0.39, 0.29) is 17.4 Å². The molecule has 2 aliphatic rings. The second kappa shape index (κ2) is 5.60. The van der Waals surface area contributed by atoms with E-state index < -0.39 is 0 Å². The van der Waals surface area contributed by atoms with E-state index in [2.05, 4.69) is 19.2 Å². The number of nitrogens with one attached hydrogen (secondary N) is 1. The first-order valence-corrected chi connectivity index (χ1v) is 7.50. The molecule has 1 unspecified atom stereocenters. The molecule has 0 radical (unpaired) electrons. The zero-order chi connectivity index (χ0) is 13.2. The smallest absolute Gasteiger partial charge is 0.226 e. The van der Waals surface area contributed by atoms with Crippen LogP contribution in [0.1, 0.15) is 58.8 Å². The largest absolute Gasteiger partial charge is 0.391 e. The second-order valence-corrected chi connectivity index (χ2v) is 6.70. The Kier molecular flexibility index (Phi) is 4.31. The molecule has 2 fully saturated rings. The molecule has 0 bridgehead atoms. The minimum atomic E-state index is -0.327. The van der Waals surface area contributed by atoms with Gasteiger partial charge in [0.2, 0.25) is 5.91 Å². The maximum atomic E-state index is 12.4. The Balaban J connectivity index is 1.87. The molecule has 18 heavy (non-hydrogen) atoms. The third kappa shape index (κ3) is 3.25. The molecule has 0 heterocycles. The third-order valence-corrected chi connectivity index (χ3v) is 4.48. The van der Waals surface area contributed by atoms with Gasteiger partial charge in [0.1, 0.15) is 0 Å². The van der Waals surface area contributed by atoms with Crippen molar-refractivity contribution in [1.29, 1.82) is 0 Å². The molecule has 2 saturated carbocycles. The molecule has 0 aliphatic heterocycles. The summed E-state index contributed by atoms with van der Waals surface area (Å²) in [4.78, 5) is 12.4. The lowest BCUT2D eigenvalue weighted by molar-refractivity contribution is -0.132. The van der Waals surface area contributed by atoms with Crippen LogP contribution in [0.2, 0.25) is 0 Å². The fourth-order valence-corrected chi connectivity index (χ4v) is 3.39. The van der Waals surface area contributed by atoms with Crippen molar-refractivity contribution in [2.45, 2.75) is 64.9 Å². The van der Waals surface area contributed by atoms with Crippen LogP contribution in [0.4, 0.5) is 0 Å². The summed E-state index contributed by atoms with van der Waals surface area (Å²) >= 11 is 0. The van der Waals surface area contributed by atoms with E-state index in [0.717, 1.165) is 32.1 Å². The minimum absolute atomic E-state index is 0.141. The van der Waals surface area contributed by atoms with E-state index in [0.29, 0.717) is 18.4 Å². The Morgan fingerprint density at radius 2 is 1.94 bits per heavy atom. The summed E-state index contributed by atoms with van der Waals surface area (Å²) < 4.78 is 0. The van der Waals surface area contributed by atoms with Crippen molar-refractivity contribution in [1.82, 2.24) is 5.32 Å². The second-order valence-electron chi connectivity index (χ2n) is 6.70. The number of aliphatic hydroxyl groups is 1. The van der Waals surface area contributed by atoms with Crippen LogP contribution in [0.25, 0.3) is 0 Å². The lowest BCUT2D eigenvalue weighted by atomic mass is 9.77. The quantitative estimate of drug-likeness (QED) is 0.764. The number of rotatable bonds is 6. The first-order chi connectivity index (χ1) is 8.53. The van der Waals surface area contributed by atoms with E-state index in [1.165, 1.54) is 12.8 Å². The van der Waals surface area contributed by atoms with Crippen LogP contribution >= 0.6 is 0 Å². The molecule has 0 spiro atoms. The molecule has 0 aromatic rings. The SMILES string of the molecule is CC(C)CC1(C(=O)NCC(O)C2CC2)CCCC1. The molecule has 0 saturated heterocycles. The van der Waals surface area contributed by atoms with Gasteiger partial charge in [-0.3, -0.25) is 4.79 Å². The molecule has 3 heteroatoms. The summed E-state index contributed by atoms with van der Waals surface area (Å²) in [6.07, 6.45) is 7.29. The summed E-state index contributed by atoms with van der Waals surface area (Å²) in [5.74, 6) is 1.19. The van der Waals surface area contributed by atoms with Gasteiger partial charge in [-0.15, -0.1) is 0 Å². The van der Waals surface area contributed by atoms with Crippen LogP contribution in [0.5, 0.6) is 0 Å². The maximum absolute atomic E-state index is 12.4. The first kappa shape index (κ1) is 13.9. The molecule has 3 nitrogen and oxygen atoms in total. The number of aliphatic hydroxyl groups excluding tert-OH is 1. The van der Waals surface area contributed by atoms with Crippen molar-refractivity contribution in [2.75, 3.05) is 6.54 Å². The highest BCUT2D eigenvalue weighted by Gasteiger charge is 2.41. The van der Waals surface area contributed by atoms with E-state index in [1.54, 1.807) is 0 Å². The fourth-order valence-electron chi connectivity index (χ4n) is 3.39. The van der Waals surface area contributed by atoms with Crippen molar-refractivity contribution >= 4 is 5.91 Å². The molecule has 2 rings (SSSR count). The van der Waals surface area contributed by atoms with E-state index in [1.807, 2.05) is 0 Å². The van der Waals surface area contributed by atoms with Gasteiger partial charge in [-0.25, -0.2) is 0 Å². The number of hydrogen-bond acceptors (Lipinski definition) is 2. The summed E-state index contributed by atoms with van der Waals surface area (Å²) in [6.45, 7) is 4.82. The van der Waals surface area contributed by atoms with Gasteiger partial charge in [0, 0.05) is 12.0 Å². The first-order valence-electron chi connectivity index (χ1n) is 7.50. The topological polar surface area (TPSA) is 49.3 Å². The highest BCUT2D eigenvalue weighted by molar-refractivity contribution is 5.82. The van der Waals surface area contributed by atoms with Gasteiger partial charge in [-0.1, -0.05) is 26.7 Å². The van der Waals surface area contributed by atoms with Crippen LogP contribution in [-0.4, -0.2) is 23.7 Å². The van der Waals surface area contributed by atoms with E-state index in [9.17, 15) is 9.90 Å². The van der Waals surface area contributed by atoms with Crippen LogP contribution in [0.3, 0.4) is 0 Å². The molecule has 104 valence electrons. The van der Waals surface area contributed by atoms with Gasteiger partial charge in [0.15, 0.2) is 0 Å². The van der Waals surface area contributed by atoms with Crippen LogP contribution in [0, 0.1) is 17.3 Å². The third-order valence-electron chi connectivity index (χ3n) is 4.48. The van der Waals surface area contributed by atoms with Gasteiger partial charge in [0.05, 0.1) is 6.10 Å². The Morgan fingerprint density at radius 1 is 1.33 bits per heavy atom. The van der Waals surface area contributed by atoms with Crippen molar-refractivity contribution in [2.24, 2.45) is 17.3 Å². The highest BCUT2D eigenvalue weighted by Crippen LogP contribution is 2.43. The number of hydrogen-bond donors (Lipinski definition) is 2. The molecular weight excluding hydrogens is 226 g/mol. The van der Waals surface area contributed by atoms with Crippen molar-refractivity contribution in [3.8, 4) is 0 Å². The van der Waals surface area contributed by atoms with Gasteiger partial charge in [0.25, 0.3) is 0 Å². The van der Waals surface area contributed by atoms with Gasteiger partial charge in [-0.05, 0) is 43.9 Å². The monoisotopic (exact) mass is 253 g/mol. The zero-order valence-corrected chi connectivity index (χ0v) is 11.7. The lowest BCUT2D eigenvalue weighted by Gasteiger charge is -2.30. The predicted molar refractivity (Wildman–Crippen MR) is 72.1 cm³/mol. The Bertz CT molecular complexity index is 291. The van der Waals surface area contributed by atoms with Crippen molar-refractivity contribution in [3.05, 3.63) is 0 Å². The number of amides is 1. The maximum Gasteiger partial charge on any atom is 0.226 e. The fraction of sp³-hybridized carbons (Fsp3) is 0.933. The van der Waals surface area contributed by atoms with Crippen LogP contribution in [0.15, 0.2) is 0 Å². The van der Waals surface area contributed by atoms with Gasteiger partial charge < -0.3 is 10.4 Å². The Morgan fingerprint density at radius 3 is 2.44 bits per heavy atom. The molecule has 0 aromatic carbocycles. The Hall–Kier alpha value is -0.570. The Labute approximate surface area is 110 Å². The normalized spacial score (nSPS) is 24.2. The predicted octanol–water partition coefficient (Wildman–Crippen LogP) is 2.48. The summed E-state index contributed by atoms with van der Waals surface area (Å²) in [6, 6.07) is 0. The minimum Gasteiger partial charge on any atom is -0.391 e. The van der Waals surface area contributed by atoms with Gasteiger partial charge >= 0.3 is 0 Å². The van der Waals surface area contributed by atoms with Crippen molar-refractivity contribution < 1.29 is 9.90 Å². The zero-order valence-electron chi connectivity index (χ0n) is 11.7. The standard InChI is InChI=1S/C15H27NO2/c1-11(2)9-15(7-3-4-8-15)14(18)16-10-13(17)12-5-6-12/h11-13,17H,3-10H2,1-2H3,(H,16,18). The number of carbonyl (C=O) groups is 1. The highest BCUT2D eigenvalue weighted by atomic mass is 16.3. The molecule has 2 aliphatic carbocycles. The van der Waals surface area contributed by atoms with Crippen LogP contribution < -0.4 is 5.32 Å². The molecule has 0 aromatic heterocycles. The number of carbonyl (C=O) groups excluding carboxylic acids is 1. The molecule has 2 N–H and O–H groups in total. The average Bonchev–Trinajstić information content (AvgIpc) is 3.06.